The number of esters is 1. The summed E-state index contributed by atoms with van der Waals surface area (Å²) in [6.45, 7) is 2.07. The van der Waals surface area contributed by atoms with Gasteiger partial charge in [0.1, 0.15) is 18.0 Å². The Morgan fingerprint density at radius 1 is 1.12 bits per heavy atom. The van der Waals surface area contributed by atoms with Crippen molar-refractivity contribution in [1.29, 1.82) is 0 Å². The fourth-order valence-corrected chi connectivity index (χ4v) is 4.66. The Bertz CT molecular complexity index is 1220. The van der Waals surface area contributed by atoms with Gasteiger partial charge in [-0.1, -0.05) is 23.7 Å². The highest BCUT2D eigenvalue weighted by Gasteiger charge is 2.39. The van der Waals surface area contributed by atoms with Crippen molar-refractivity contribution in [2.45, 2.75) is 44.3 Å². The molecule has 2 unspecified atom stereocenters. The van der Waals surface area contributed by atoms with Crippen LogP contribution in [0.2, 0.25) is 5.02 Å². The van der Waals surface area contributed by atoms with Crippen LogP contribution in [0.15, 0.2) is 36.4 Å². The predicted molar refractivity (Wildman–Crippen MR) is 125 cm³/mol. The quantitative estimate of drug-likeness (QED) is 0.440. The number of carbonyl (C=O) groups excluding carboxylic acids is 1. The maximum absolute atomic E-state index is 12.6. The largest absolute Gasteiger partial charge is 0.493 e. The number of carbonyl (C=O) groups is 1. The lowest BCUT2D eigenvalue weighted by atomic mass is 9.98. The van der Waals surface area contributed by atoms with Crippen molar-refractivity contribution in [3.8, 4) is 17.2 Å². The van der Waals surface area contributed by atoms with Crippen LogP contribution in [0.25, 0.3) is 5.69 Å². The fourth-order valence-electron chi connectivity index (χ4n) is 4.48. The zero-order valence-electron chi connectivity index (χ0n) is 19.3. The van der Waals surface area contributed by atoms with E-state index in [1.54, 1.807) is 21.1 Å². The molecular weight excluding hydrogens is 458 g/mol. The van der Waals surface area contributed by atoms with Crippen LogP contribution in [0.4, 0.5) is 0 Å². The summed E-state index contributed by atoms with van der Waals surface area (Å²) in [4.78, 5) is 12.6. The molecule has 3 aromatic rings. The first-order valence-electron chi connectivity index (χ1n) is 11.3. The van der Waals surface area contributed by atoms with Gasteiger partial charge in [0.2, 0.25) is 0 Å². The normalized spacial score (nSPS) is 19.1. The van der Waals surface area contributed by atoms with Crippen LogP contribution in [-0.4, -0.2) is 41.6 Å². The summed E-state index contributed by atoms with van der Waals surface area (Å²) in [6, 6.07) is 11.3. The minimum atomic E-state index is -0.689. The van der Waals surface area contributed by atoms with Gasteiger partial charge in [0, 0.05) is 22.1 Å². The Morgan fingerprint density at radius 2 is 1.91 bits per heavy atom. The zero-order valence-corrected chi connectivity index (χ0v) is 20.0. The van der Waals surface area contributed by atoms with Crippen LogP contribution < -0.4 is 9.47 Å². The van der Waals surface area contributed by atoms with Crippen molar-refractivity contribution in [2.24, 2.45) is 0 Å². The molecule has 0 radical (unpaired) electrons. The monoisotopic (exact) mass is 483 g/mol. The van der Waals surface area contributed by atoms with Crippen molar-refractivity contribution in [1.82, 2.24) is 14.8 Å². The van der Waals surface area contributed by atoms with E-state index in [1.165, 1.54) is 0 Å². The summed E-state index contributed by atoms with van der Waals surface area (Å²) in [5.74, 6) is 2.54. The average molecular weight is 484 g/mol. The standard InChI is InChI=1S/C25H26ClN3O5/c1-4-33-21(30)13-20-25-28-27-24(14-8-9-14)29(25)18-11-10-15(26)12-17(18)22(34-20)16-6-5-7-19(31-2)23(16)32-3/h5-7,10-12,14,20,22H,4,8-9,13H2,1-3H3. The molecule has 5 rings (SSSR count). The molecule has 1 aliphatic heterocycles. The molecular formula is C25H26ClN3O5. The van der Waals surface area contributed by atoms with Gasteiger partial charge in [-0.15, -0.1) is 10.2 Å². The number of nitrogens with zero attached hydrogens (tertiary/aromatic N) is 3. The van der Waals surface area contributed by atoms with Crippen molar-refractivity contribution < 1.29 is 23.7 Å². The zero-order chi connectivity index (χ0) is 23.8. The molecule has 2 aliphatic rings. The molecule has 1 saturated carbocycles. The Labute approximate surface area is 202 Å². The molecule has 9 heteroatoms. The summed E-state index contributed by atoms with van der Waals surface area (Å²) >= 11 is 6.47. The van der Waals surface area contributed by atoms with E-state index < -0.39 is 12.2 Å². The van der Waals surface area contributed by atoms with E-state index in [1.807, 2.05) is 41.0 Å². The number of rotatable bonds is 7. The third-order valence-electron chi connectivity index (χ3n) is 6.13. The van der Waals surface area contributed by atoms with Crippen LogP contribution in [0.5, 0.6) is 11.5 Å². The van der Waals surface area contributed by atoms with E-state index in [0.29, 0.717) is 28.3 Å². The van der Waals surface area contributed by atoms with E-state index in [9.17, 15) is 4.79 Å². The van der Waals surface area contributed by atoms with Gasteiger partial charge in [-0.25, -0.2) is 0 Å². The second-order valence-corrected chi connectivity index (χ2v) is 8.76. The minimum Gasteiger partial charge on any atom is -0.493 e. The molecule has 1 fully saturated rings. The highest BCUT2D eigenvalue weighted by molar-refractivity contribution is 6.30. The highest BCUT2D eigenvalue weighted by Crippen LogP contribution is 2.48. The molecule has 0 amide bonds. The smallest absolute Gasteiger partial charge is 0.308 e. The summed E-state index contributed by atoms with van der Waals surface area (Å²) in [5.41, 5.74) is 2.45. The SMILES string of the molecule is CCOC(=O)CC1OC(c2cccc(OC)c2OC)c2cc(Cl)ccc2-n2c(C3CC3)nnc21. The molecule has 8 nitrogen and oxygen atoms in total. The Balaban J connectivity index is 1.72. The van der Waals surface area contributed by atoms with E-state index >= 15 is 0 Å². The maximum atomic E-state index is 12.6. The number of hydrogen-bond donors (Lipinski definition) is 0. The summed E-state index contributed by atoms with van der Waals surface area (Å²) in [6.07, 6.45) is 0.814. The third kappa shape index (κ3) is 4.01. The molecule has 1 aromatic heterocycles. The van der Waals surface area contributed by atoms with Crippen LogP contribution in [0.1, 0.15) is 67.1 Å². The van der Waals surface area contributed by atoms with E-state index in [4.69, 9.17) is 30.5 Å². The Hall–Kier alpha value is -3.10. The molecule has 0 saturated heterocycles. The second-order valence-electron chi connectivity index (χ2n) is 8.33. The van der Waals surface area contributed by atoms with E-state index in [0.717, 1.165) is 35.5 Å². The van der Waals surface area contributed by atoms with Gasteiger partial charge in [-0.2, -0.15) is 0 Å². The summed E-state index contributed by atoms with van der Waals surface area (Å²) < 4.78 is 25.2. The van der Waals surface area contributed by atoms with E-state index in [2.05, 4.69) is 10.2 Å². The molecule has 34 heavy (non-hydrogen) atoms. The molecule has 1 aliphatic carbocycles. The van der Waals surface area contributed by atoms with Crippen LogP contribution >= 0.6 is 11.6 Å². The van der Waals surface area contributed by atoms with Gasteiger partial charge < -0.3 is 18.9 Å². The summed E-state index contributed by atoms with van der Waals surface area (Å²) in [5, 5.41) is 9.55. The summed E-state index contributed by atoms with van der Waals surface area (Å²) in [7, 11) is 3.18. The lowest BCUT2D eigenvalue weighted by molar-refractivity contribution is -0.147. The number of hydrogen-bond acceptors (Lipinski definition) is 7. The molecule has 0 N–H and O–H groups in total. The van der Waals surface area contributed by atoms with Gasteiger partial charge >= 0.3 is 5.97 Å². The topological polar surface area (TPSA) is 84.7 Å². The lowest BCUT2D eigenvalue weighted by Crippen LogP contribution is -2.17. The number of aromatic nitrogens is 3. The third-order valence-corrected chi connectivity index (χ3v) is 6.37. The fraction of sp³-hybridized carbons (Fsp3) is 0.400. The van der Waals surface area contributed by atoms with Gasteiger partial charge in [0.05, 0.1) is 32.9 Å². The number of benzene rings is 2. The number of fused-ring (bicyclic) bond motifs is 3. The number of halogens is 1. The Kier molecular flexibility index (Phi) is 6.18. The maximum Gasteiger partial charge on any atom is 0.308 e. The van der Waals surface area contributed by atoms with Gasteiger partial charge in [0.15, 0.2) is 17.3 Å². The number of ether oxygens (including phenoxy) is 4. The molecule has 0 bridgehead atoms. The highest BCUT2D eigenvalue weighted by atomic mass is 35.5. The van der Waals surface area contributed by atoms with Gasteiger partial charge in [-0.3, -0.25) is 9.36 Å². The molecule has 2 atom stereocenters. The van der Waals surface area contributed by atoms with Crippen molar-refractivity contribution in [2.75, 3.05) is 20.8 Å². The van der Waals surface area contributed by atoms with Crippen LogP contribution in [-0.2, 0) is 14.3 Å². The first-order chi connectivity index (χ1) is 16.5. The Morgan fingerprint density at radius 3 is 2.62 bits per heavy atom. The van der Waals surface area contributed by atoms with Gasteiger partial charge in [0.25, 0.3) is 0 Å². The van der Waals surface area contributed by atoms with Crippen LogP contribution in [0.3, 0.4) is 0 Å². The first kappa shape index (κ1) is 22.7. The molecule has 178 valence electrons. The van der Waals surface area contributed by atoms with E-state index in [-0.39, 0.29) is 19.0 Å². The van der Waals surface area contributed by atoms with Crippen molar-refractivity contribution >= 4 is 17.6 Å². The number of para-hydroxylation sites is 1. The molecule has 2 aromatic carbocycles. The van der Waals surface area contributed by atoms with Crippen LogP contribution in [0, 0.1) is 0 Å². The van der Waals surface area contributed by atoms with Crippen molar-refractivity contribution in [3.63, 3.8) is 0 Å². The minimum absolute atomic E-state index is 0.00114. The second kappa shape index (κ2) is 9.27. The lowest BCUT2D eigenvalue weighted by Gasteiger charge is -2.24. The molecule has 2 heterocycles. The predicted octanol–water partition coefficient (Wildman–Crippen LogP) is 4.93. The first-order valence-corrected chi connectivity index (χ1v) is 11.7. The average Bonchev–Trinajstić information content (AvgIpc) is 3.61. The number of methoxy groups -OCH3 is 2. The molecule has 0 spiro atoms. The van der Waals surface area contributed by atoms with Crippen molar-refractivity contribution in [3.05, 3.63) is 64.2 Å². The van der Waals surface area contributed by atoms with Gasteiger partial charge in [-0.05, 0) is 44.0 Å².